The van der Waals surface area contributed by atoms with Crippen LogP contribution in [0.25, 0.3) is 11.5 Å². The van der Waals surface area contributed by atoms with E-state index in [1.165, 1.54) is 6.07 Å². The van der Waals surface area contributed by atoms with E-state index >= 15 is 0 Å². The van der Waals surface area contributed by atoms with E-state index in [1.807, 2.05) is 31.2 Å². The van der Waals surface area contributed by atoms with Gasteiger partial charge in [0.2, 0.25) is 5.91 Å². The van der Waals surface area contributed by atoms with Gasteiger partial charge in [-0.15, -0.1) is 10.2 Å². The lowest BCUT2D eigenvalue weighted by Gasteiger charge is -2.06. The molecule has 1 N–H and O–H groups in total. The molecule has 0 spiro atoms. The number of nitrogens with zero attached hydrogens (tertiary/aromatic N) is 3. The highest BCUT2D eigenvalue weighted by molar-refractivity contribution is 7.99. The van der Waals surface area contributed by atoms with Crippen LogP contribution in [0.1, 0.15) is 12.5 Å². The average molecular weight is 414 g/mol. The molecule has 3 aromatic rings. The summed E-state index contributed by atoms with van der Waals surface area (Å²) in [5.74, 6) is 0.596. The average Bonchev–Trinajstić information content (AvgIpc) is 3.17. The standard InChI is InChI=1S/C19H18N4O5S/c1-3-27-16-7-5-4-6-14(16)18-21-22-19(28-18)29-11-17(24)20-13-9-8-12(2)15(10-13)23(25)26/h4-10H,3,11H2,1-2H3,(H,20,24). The van der Waals surface area contributed by atoms with E-state index in [4.69, 9.17) is 9.15 Å². The van der Waals surface area contributed by atoms with Crippen molar-refractivity contribution in [2.24, 2.45) is 0 Å². The van der Waals surface area contributed by atoms with Crippen molar-refractivity contribution in [2.45, 2.75) is 19.1 Å². The molecule has 0 saturated carbocycles. The predicted molar refractivity (Wildman–Crippen MR) is 108 cm³/mol. The fourth-order valence-electron chi connectivity index (χ4n) is 2.51. The number of carbonyl (C=O) groups is 1. The summed E-state index contributed by atoms with van der Waals surface area (Å²) in [5.41, 5.74) is 1.49. The first-order valence-corrected chi connectivity index (χ1v) is 9.70. The van der Waals surface area contributed by atoms with Crippen LogP contribution in [0.4, 0.5) is 11.4 Å². The smallest absolute Gasteiger partial charge is 0.277 e. The van der Waals surface area contributed by atoms with Crippen molar-refractivity contribution in [3.05, 3.63) is 58.1 Å². The molecule has 1 amide bonds. The molecule has 150 valence electrons. The SMILES string of the molecule is CCOc1ccccc1-c1nnc(SCC(=O)Nc2ccc(C)c([N+](=O)[O-])c2)o1. The van der Waals surface area contributed by atoms with Gasteiger partial charge in [-0.05, 0) is 32.0 Å². The number of ether oxygens (including phenoxy) is 1. The molecule has 0 aliphatic carbocycles. The van der Waals surface area contributed by atoms with Crippen molar-refractivity contribution >= 4 is 29.0 Å². The molecule has 0 aliphatic rings. The minimum absolute atomic E-state index is 0.0103. The molecule has 1 heterocycles. The minimum atomic E-state index is -0.486. The number of nitro benzene ring substituents is 1. The number of amides is 1. The third-order valence-corrected chi connectivity index (χ3v) is 4.66. The summed E-state index contributed by atoms with van der Waals surface area (Å²) < 4.78 is 11.2. The zero-order chi connectivity index (χ0) is 20.8. The third-order valence-electron chi connectivity index (χ3n) is 3.84. The van der Waals surface area contributed by atoms with Crippen LogP contribution in [0, 0.1) is 17.0 Å². The zero-order valence-corrected chi connectivity index (χ0v) is 16.6. The molecule has 0 radical (unpaired) electrons. The van der Waals surface area contributed by atoms with Gasteiger partial charge in [0, 0.05) is 17.3 Å². The first-order chi connectivity index (χ1) is 14.0. The van der Waals surface area contributed by atoms with Gasteiger partial charge in [-0.1, -0.05) is 30.0 Å². The van der Waals surface area contributed by atoms with Crippen molar-refractivity contribution in [3.63, 3.8) is 0 Å². The Labute approximate surface area is 170 Å². The van der Waals surface area contributed by atoms with Gasteiger partial charge in [-0.2, -0.15) is 0 Å². The number of thioether (sulfide) groups is 1. The van der Waals surface area contributed by atoms with Gasteiger partial charge in [-0.25, -0.2) is 0 Å². The van der Waals surface area contributed by atoms with Crippen LogP contribution < -0.4 is 10.1 Å². The topological polar surface area (TPSA) is 120 Å². The molecule has 0 unspecified atom stereocenters. The largest absolute Gasteiger partial charge is 0.493 e. The van der Waals surface area contributed by atoms with Crippen molar-refractivity contribution in [1.82, 2.24) is 10.2 Å². The lowest BCUT2D eigenvalue weighted by atomic mass is 10.2. The van der Waals surface area contributed by atoms with Crippen LogP contribution in [-0.2, 0) is 4.79 Å². The quantitative estimate of drug-likeness (QED) is 0.332. The van der Waals surface area contributed by atoms with E-state index in [2.05, 4.69) is 15.5 Å². The van der Waals surface area contributed by atoms with E-state index in [-0.39, 0.29) is 22.6 Å². The molecular formula is C19H18N4O5S. The van der Waals surface area contributed by atoms with Crippen LogP contribution in [0.5, 0.6) is 5.75 Å². The number of nitro groups is 1. The molecule has 0 saturated heterocycles. The molecule has 10 heteroatoms. The lowest BCUT2D eigenvalue weighted by molar-refractivity contribution is -0.385. The summed E-state index contributed by atoms with van der Waals surface area (Å²) >= 11 is 1.07. The molecular weight excluding hydrogens is 396 g/mol. The molecule has 3 rings (SSSR count). The van der Waals surface area contributed by atoms with Gasteiger partial charge in [0.05, 0.1) is 22.8 Å². The Hall–Kier alpha value is -3.40. The Morgan fingerprint density at radius 1 is 1.28 bits per heavy atom. The highest BCUT2D eigenvalue weighted by Gasteiger charge is 2.16. The van der Waals surface area contributed by atoms with Crippen LogP contribution in [-0.4, -0.2) is 33.4 Å². The molecule has 0 bridgehead atoms. The summed E-state index contributed by atoms with van der Waals surface area (Å²) in [6, 6.07) is 11.8. The highest BCUT2D eigenvalue weighted by atomic mass is 32.2. The fourth-order valence-corrected chi connectivity index (χ4v) is 3.07. The summed E-state index contributed by atoms with van der Waals surface area (Å²) in [7, 11) is 0. The second-order valence-corrected chi connectivity index (χ2v) is 6.82. The number of hydrogen-bond donors (Lipinski definition) is 1. The number of aryl methyl sites for hydroxylation is 1. The van der Waals surface area contributed by atoms with Gasteiger partial charge in [-0.3, -0.25) is 14.9 Å². The van der Waals surface area contributed by atoms with Gasteiger partial charge in [0.25, 0.3) is 16.8 Å². The highest BCUT2D eigenvalue weighted by Crippen LogP contribution is 2.30. The zero-order valence-electron chi connectivity index (χ0n) is 15.7. The number of rotatable bonds is 8. The van der Waals surface area contributed by atoms with Crippen molar-refractivity contribution in [1.29, 1.82) is 0 Å². The normalized spacial score (nSPS) is 10.6. The number of carbonyl (C=O) groups excluding carboxylic acids is 1. The maximum atomic E-state index is 12.2. The third kappa shape index (κ3) is 5.11. The number of hydrogen-bond acceptors (Lipinski definition) is 8. The van der Waals surface area contributed by atoms with E-state index in [0.717, 1.165) is 11.8 Å². The monoisotopic (exact) mass is 414 g/mol. The number of nitrogens with one attached hydrogen (secondary N) is 1. The maximum absolute atomic E-state index is 12.2. The molecule has 0 fully saturated rings. The first-order valence-electron chi connectivity index (χ1n) is 8.71. The van der Waals surface area contributed by atoms with Crippen molar-refractivity contribution in [2.75, 3.05) is 17.7 Å². The molecule has 9 nitrogen and oxygen atoms in total. The first kappa shape index (κ1) is 20.3. The fraction of sp³-hybridized carbons (Fsp3) is 0.211. The summed E-state index contributed by atoms with van der Waals surface area (Å²) in [5, 5.41) is 21.8. The van der Waals surface area contributed by atoms with Crippen molar-refractivity contribution in [3.8, 4) is 17.2 Å². The maximum Gasteiger partial charge on any atom is 0.277 e. The van der Waals surface area contributed by atoms with Crippen LogP contribution in [0.15, 0.2) is 52.1 Å². The minimum Gasteiger partial charge on any atom is -0.493 e. The number of anilines is 1. The molecule has 0 atom stereocenters. The number of benzene rings is 2. The Morgan fingerprint density at radius 2 is 2.07 bits per heavy atom. The predicted octanol–water partition coefficient (Wildman–Crippen LogP) is 4.08. The number of para-hydroxylation sites is 1. The second kappa shape index (κ2) is 9.20. The van der Waals surface area contributed by atoms with Gasteiger partial charge < -0.3 is 14.5 Å². The van der Waals surface area contributed by atoms with Crippen LogP contribution in [0.3, 0.4) is 0 Å². The van der Waals surface area contributed by atoms with Gasteiger partial charge in [0.15, 0.2) is 0 Å². The second-order valence-electron chi connectivity index (χ2n) is 5.90. The molecule has 1 aromatic heterocycles. The molecule has 0 aliphatic heterocycles. The number of aromatic nitrogens is 2. The Kier molecular flexibility index (Phi) is 6.45. The molecule has 29 heavy (non-hydrogen) atoms. The molecule has 2 aromatic carbocycles. The Morgan fingerprint density at radius 3 is 2.83 bits per heavy atom. The Balaban J connectivity index is 1.62. The van der Waals surface area contributed by atoms with E-state index in [0.29, 0.717) is 35.1 Å². The van der Waals surface area contributed by atoms with E-state index in [1.54, 1.807) is 19.1 Å². The van der Waals surface area contributed by atoms with Crippen LogP contribution in [0.2, 0.25) is 0 Å². The summed E-state index contributed by atoms with van der Waals surface area (Å²) in [4.78, 5) is 22.7. The van der Waals surface area contributed by atoms with Crippen LogP contribution >= 0.6 is 11.8 Å². The van der Waals surface area contributed by atoms with E-state index in [9.17, 15) is 14.9 Å². The van der Waals surface area contributed by atoms with Crippen molar-refractivity contribution < 1.29 is 18.9 Å². The van der Waals surface area contributed by atoms with Gasteiger partial charge >= 0.3 is 0 Å². The van der Waals surface area contributed by atoms with Gasteiger partial charge in [0.1, 0.15) is 5.75 Å². The summed E-state index contributed by atoms with van der Waals surface area (Å²) in [6.45, 7) is 4.02. The Bertz CT molecular complexity index is 1040. The summed E-state index contributed by atoms with van der Waals surface area (Å²) in [6.07, 6.45) is 0. The lowest BCUT2D eigenvalue weighted by Crippen LogP contribution is -2.14. The van der Waals surface area contributed by atoms with E-state index < -0.39 is 4.92 Å².